The van der Waals surface area contributed by atoms with Crippen LogP contribution in [-0.4, -0.2) is 21.7 Å². The third-order valence-corrected chi connectivity index (χ3v) is 1.38. The molecule has 1 aromatic heterocycles. The minimum absolute atomic E-state index is 0.0261. The minimum atomic E-state index is -2.93. The van der Waals surface area contributed by atoms with Crippen LogP contribution in [0.4, 0.5) is 14.7 Å². The number of aromatic nitrogens is 2. The van der Waals surface area contributed by atoms with Gasteiger partial charge in [0.2, 0.25) is 11.8 Å². The maximum atomic E-state index is 11.9. The number of nitrogens with two attached hydrogens (primary N) is 1. The summed E-state index contributed by atoms with van der Waals surface area (Å²) in [5.41, 5.74) is 5.64. The standard InChI is InChI=1S/C7H8F2N4OS/c1-3-2-4(14-5(8)9)12-7(11-3)13-6(10)15/h2,5H,1H3,(H3,10,11,12,13,15). The molecule has 0 bridgehead atoms. The lowest BCUT2D eigenvalue weighted by molar-refractivity contribution is -0.0528. The maximum absolute atomic E-state index is 11.9. The van der Waals surface area contributed by atoms with Crippen LogP contribution in [0.2, 0.25) is 0 Å². The zero-order chi connectivity index (χ0) is 11.4. The number of nitrogens with one attached hydrogen (secondary N) is 1. The quantitative estimate of drug-likeness (QED) is 0.761. The molecule has 0 amide bonds. The maximum Gasteiger partial charge on any atom is 0.388 e. The molecule has 0 saturated heterocycles. The first-order valence-electron chi connectivity index (χ1n) is 3.84. The number of thiocarbonyl (C=S) groups is 1. The van der Waals surface area contributed by atoms with Crippen LogP contribution in [0.15, 0.2) is 6.07 Å². The first kappa shape index (κ1) is 11.5. The molecule has 1 rings (SSSR count). The van der Waals surface area contributed by atoms with Crippen molar-refractivity contribution in [3.05, 3.63) is 11.8 Å². The second-order valence-electron chi connectivity index (χ2n) is 2.54. The van der Waals surface area contributed by atoms with E-state index in [-0.39, 0.29) is 16.9 Å². The van der Waals surface area contributed by atoms with Gasteiger partial charge in [-0.3, -0.25) is 0 Å². The molecule has 1 heterocycles. The lowest BCUT2D eigenvalue weighted by Crippen LogP contribution is -2.21. The molecule has 0 aliphatic heterocycles. The topological polar surface area (TPSA) is 73.1 Å². The average molecular weight is 234 g/mol. The molecule has 0 fully saturated rings. The van der Waals surface area contributed by atoms with Crippen molar-refractivity contribution in [2.75, 3.05) is 5.32 Å². The Bertz CT molecular complexity index is 374. The largest absolute Gasteiger partial charge is 0.417 e. The van der Waals surface area contributed by atoms with E-state index < -0.39 is 6.61 Å². The van der Waals surface area contributed by atoms with E-state index >= 15 is 0 Å². The molecule has 0 saturated carbocycles. The van der Waals surface area contributed by atoms with Gasteiger partial charge in [-0.05, 0) is 19.1 Å². The number of halogens is 2. The fraction of sp³-hybridized carbons (Fsp3) is 0.286. The van der Waals surface area contributed by atoms with Gasteiger partial charge in [0.05, 0.1) is 0 Å². The summed E-state index contributed by atoms with van der Waals surface area (Å²) in [6.45, 7) is -1.33. The van der Waals surface area contributed by atoms with E-state index in [1.54, 1.807) is 6.92 Å². The zero-order valence-corrected chi connectivity index (χ0v) is 8.52. The molecule has 5 nitrogen and oxygen atoms in total. The van der Waals surface area contributed by atoms with Gasteiger partial charge in [0.15, 0.2) is 5.11 Å². The fourth-order valence-electron chi connectivity index (χ4n) is 0.857. The van der Waals surface area contributed by atoms with Crippen molar-refractivity contribution in [2.24, 2.45) is 5.73 Å². The van der Waals surface area contributed by atoms with Crippen LogP contribution in [0.3, 0.4) is 0 Å². The van der Waals surface area contributed by atoms with Gasteiger partial charge in [0.25, 0.3) is 0 Å². The second kappa shape index (κ2) is 4.78. The first-order valence-corrected chi connectivity index (χ1v) is 4.25. The number of hydrogen-bond donors (Lipinski definition) is 2. The molecular weight excluding hydrogens is 226 g/mol. The van der Waals surface area contributed by atoms with Crippen LogP contribution in [0.5, 0.6) is 5.88 Å². The predicted molar refractivity (Wildman–Crippen MR) is 53.8 cm³/mol. The number of rotatable bonds is 3. The van der Waals surface area contributed by atoms with Gasteiger partial charge in [-0.25, -0.2) is 4.98 Å². The number of anilines is 1. The molecule has 0 atom stereocenters. The van der Waals surface area contributed by atoms with E-state index in [0.717, 1.165) is 0 Å². The van der Waals surface area contributed by atoms with Gasteiger partial charge in [-0.1, -0.05) is 0 Å². The Morgan fingerprint density at radius 1 is 1.60 bits per heavy atom. The molecule has 0 aliphatic carbocycles. The van der Waals surface area contributed by atoms with Crippen LogP contribution < -0.4 is 15.8 Å². The van der Waals surface area contributed by atoms with E-state index in [1.807, 2.05) is 0 Å². The lowest BCUT2D eigenvalue weighted by Gasteiger charge is -2.07. The summed E-state index contributed by atoms with van der Waals surface area (Å²) in [5.74, 6) is -0.214. The van der Waals surface area contributed by atoms with E-state index in [0.29, 0.717) is 5.69 Å². The fourth-order valence-corrected chi connectivity index (χ4v) is 0.949. The van der Waals surface area contributed by atoms with Crippen molar-refractivity contribution in [3.63, 3.8) is 0 Å². The molecule has 0 unspecified atom stereocenters. The average Bonchev–Trinajstić information content (AvgIpc) is 1.98. The third kappa shape index (κ3) is 3.98. The second-order valence-corrected chi connectivity index (χ2v) is 2.98. The van der Waals surface area contributed by atoms with E-state index in [9.17, 15) is 8.78 Å². The Morgan fingerprint density at radius 3 is 2.80 bits per heavy atom. The van der Waals surface area contributed by atoms with E-state index in [4.69, 9.17) is 5.73 Å². The predicted octanol–water partition coefficient (Wildman–Crippen LogP) is 1.04. The molecule has 82 valence electrons. The van der Waals surface area contributed by atoms with Crippen molar-refractivity contribution in [1.82, 2.24) is 9.97 Å². The van der Waals surface area contributed by atoms with Gasteiger partial charge in [-0.2, -0.15) is 13.8 Å². The van der Waals surface area contributed by atoms with Crippen LogP contribution in [0.25, 0.3) is 0 Å². The molecule has 0 aromatic carbocycles. The summed E-state index contributed by atoms with van der Waals surface area (Å²) in [6.07, 6.45) is 0. The van der Waals surface area contributed by atoms with Crippen molar-refractivity contribution in [3.8, 4) is 5.88 Å². The highest BCUT2D eigenvalue weighted by molar-refractivity contribution is 7.80. The van der Waals surface area contributed by atoms with Gasteiger partial charge < -0.3 is 15.8 Å². The summed E-state index contributed by atoms with van der Waals surface area (Å²) < 4.78 is 27.9. The van der Waals surface area contributed by atoms with Gasteiger partial charge in [0, 0.05) is 11.8 Å². The van der Waals surface area contributed by atoms with Crippen molar-refractivity contribution < 1.29 is 13.5 Å². The summed E-state index contributed by atoms with van der Waals surface area (Å²) >= 11 is 4.55. The Morgan fingerprint density at radius 2 is 2.27 bits per heavy atom. The van der Waals surface area contributed by atoms with Gasteiger partial charge >= 0.3 is 6.61 Å². The minimum Gasteiger partial charge on any atom is -0.417 e. The normalized spacial score (nSPS) is 10.1. The first-order chi connectivity index (χ1) is 6.97. The van der Waals surface area contributed by atoms with Crippen LogP contribution >= 0.6 is 12.2 Å². The number of alkyl halides is 2. The highest BCUT2D eigenvalue weighted by atomic mass is 32.1. The monoisotopic (exact) mass is 234 g/mol. The van der Waals surface area contributed by atoms with Crippen LogP contribution in [-0.2, 0) is 0 Å². The van der Waals surface area contributed by atoms with Crippen molar-refractivity contribution in [1.29, 1.82) is 0 Å². The van der Waals surface area contributed by atoms with E-state index in [1.165, 1.54) is 6.07 Å². The molecule has 15 heavy (non-hydrogen) atoms. The van der Waals surface area contributed by atoms with Gasteiger partial charge in [-0.15, -0.1) is 0 Å². The molecule has 0 radical (unpaired) electrons. The van der Waals surface area contributed by atoms with Crippen molar-refractivity contribution in [2.45, 2.75) is 13.5 Å². The summed E-state index contributed by atoms with van der Waals surface area (Å²) in [5, 5.41) is 2.37. The number of aryl methyl sites for hydroxylation is 1. The highest BCUT2D eigenvalue weighted by Gasteiger charge is 2.08. The number of hydrogen-bond acceptors (Lipinski definition) is 4. The number of ether oxygens (including phenoxy) is 1. The Balaban J connectivity index is 2.89. The molecule has 8 heteroatoms. The van der Waals surface area contributed by atoms with Crippen molar-refractivity contribution >= 4 is 23.3 Å². The molecular formula is C7H8F2N4OS. The highest BCUT2D eigenvalue weighted by Crippen LogP contribution is 2.14. The van der Waals surface area contributed by atoms with E-state index in [2.05, 4.69) is 32.2 Å². The summed E-state index contributed by atoms with van der Waals surface area (Å²) in [6, 6.07) is 1.27. The molecule has 0 spiro atoms. The Labute approximate surface area is 89.7 Å². The lowest BCUT2D eigenvalue weighted by atomic mass is 10.4. The summed E-state index contributed by atoms with van der Waals surface area (Å²) in [7, 11) is 0. The SMILES string of the molecule is Cc1cc(OC(F)F)nc(NC(N)=S)n1. The molecule has 3 N–H and O–H groups in total. The Hall–Kier alpha value is -1.57. The summed E-state index contributed by atoms with van der Waals surface area (Å²) in [4.78, 5) is 7.49. The number of nitrogens with zero attached hydrogens (tertiary/aromatic N) is 2. The van der Waals surface area contributed by atoms with Gasteiger partial charge in [0.1, 0.15) is 0 Å². The third-order valence-electron chi connectivity index (χ3n) is 1.28. The van der Waals surface area contributed by atoms with Crippen LogP contribution in [0, 0.1) is 6.92 Å². The van der Waals surface area contributed by atoms with Crippen LogP contribution in [0.1, 0.15) is 5.69 Å². The molecule has 0 aliphatic rings. The zero-order valence-electron chi connectivity index (χ0n) is 7.70. The molecule has 1 aromatic rings. The Kier molecular flexibility index (Phi) is 3.67. The smallest absolute Gasteiger partial charge is 0.388 e.